The smallest absolute Gasteiger partial charge is 0.163 e. The van der Waals surface area contributed by atoms with Crippen LogP contribution in [-0.2, 0) is 0 Å². The van der Waals surface area contributed by atoms with Crippen LogP contribution in [0.25, 0.3) is 0 Å². The van der Waals surface area contributed by atoms with Crippen LogP contribution in [0.3, 0.4) is 0 Å². The van der Waals surface area contributed by atoms with Crippen molar-refractivity contribution >= 4 is 17.3 Å². The predicted octanol–water partition coefficient (Wildman–Crippen LogP) is 1.42. The molecule has 3 heteroatoms. The lowest BCUT2D eigenvalue weighted by Crippen LogP contribution is -2.44. The summed E-state index contributed by atoms with van der Waals surface area (Å²) in [6, 6.07) is 0.557. The largest absolute Gasteiger partial charge is 0.376 e. The van der Waals surface area contributed by atoms with Gasteiger partial charge in [0.2, 0.25) is 0 Å². The number of rotatable bonds is 1. The average molecular weight is 208 g/mol. The zero-order chi connectivity index (χ0) is 9.71. The van der Waals surface area contributed by atoms with Crippen molar-refractivity contribution < 1.29 is 0 Å². The lowest BCUT2D eigenvalue weighted by atomic mass is 9.79. The number of nitrogens with two attached hydrogens (primary N) is 1. The highest BCUT2D eigenvalue weighted by Gasteiger charge is 2.52. The first-order valence-electron chi connectivity index (χ1n) is 5.48. The van der Waals surface area contributed by atoms with Gasteiger partial charge in [-0.3, -0.25) is 0 Å². The van der Waals surface area contributed by atoms with Gasteiger partial charge in [-0.15, -0.1) is 0 Å². The molecular weight excluding hydrogens is 192 g/mol. The Hall–Kier alpha value is -0.570. The standard InChI is InChI=1S/C11H16N2S/c12-11(14)13-10-5-6-4-9(10)8-3-1-2-7(6)8/h1,3,6-10H,2,4-5H2,(H3,12,13,14)/t6-,7-,8+,9+,10+/m0/s1. The van der Waals surface area contributed by atoms with Crippen molar-refractivity contribution in [2.24, 2.45) is 29.4 Å². The molecule has 0 amide bonds. The van der Waals surface area contributed by atoms with Crippen LogP contribution in [0.4, 0.5) is 0 Å². The highest BCUT2D eigenvalue weighted by atomic mass is 32.1. The first-order chi connectivity index (χ1) is 6.75. The van der Waals surface area contributed by atoms with Crippen LogP contribution in [-0.4, -0.2) is 11.2 Å². The number of fused-ring (bicyclic) bond motifs is 5. The van der Waals surface area contributed by atoms with E-state index in [2.05, 4.69) is 17.5 Å². The predicted molar refractivity (Wildman–Crippen MR) is 60.7 cm³/mol. The third kappa shape index (κ3) is 1.11. The number of allylic oxidation sites excluding steroid dienone is 2. The molecule has 3 N–H and O–H groups in total. The first-order valence-corrected chi connectivity index (χ1v) is 5.89. The third-order valence-corrected chi connectivity index (χ3v) is 4.45. The molecule has 0 aromatic heterocycles. The van der Waals surface area contributed by atoms with E-state index in [0.29, 0.717) is 11.2 Å². The van der Waals surface area contributed by atoms with Gasteiger partial charge < -0.3 is 11.1 Å². The second kappa shape index (κ2) is 2.96. The maximum atomic E-state index is 5.54. The Morgan fingerprint density at radius 1 is 1.36 bits per heavy atom. The van der Waals surface area contributed by atoms with E-state index in [1.165, 1.54) is 19.3 Å². The second-order valence-electron chi connectivity index (χ2n) is 4.92. The van der Waals surface area contributed by atoms with Gasteiger partial charge in [0.25, 0.3) is 0 Å². The SMILES string of the molecule is NC(=S)N[C@@H]1C[C@@H]2C[C@@H]1[C@@H]1C=CC[C@@H]21. The van der Waals surface area contributed by atoms with Crippen molar-refractivity contribution in [1.82, 2.24) is 5.32 Å². The topological polar surface area (TPSA) is 38.0 Å². The fourth-order valence-corrected chi connectivity index (χ4v) is 4.05. The van der Waals surface area contributed by atoms with E-state index in [1.54, 1.807) is 0 Å². The summed E-state index contributed by atoms with van der Waals surface area (Å²) < 4.78 is 0. The number of hydrogen-bond donors (Lipinski definition) is 2. The van der Waals surface area contributed by atoms with E-state index >= 15 is 0 Å². The molecule has 0 saturated heterocycles. The molecule has 3 rings (SSSR count). The molecule has 2 fully saturated rings. The zero-order valence-corrected chi connectivity index (χ0v) is 8.96. The minimum absolute atomic E-state index is 0.473. The molecular formula is C11H16N2S. The van der Waals surface area contributed by atoms with Crippen LogP contribution in [0, 0.1) is 23.7 Å². The molecule has 0 aromatic rings. The molecule has 2 saturated carbocycles. The fraction of sp³-hybridized carbons (Fsp3) is 0.727. The van der Waals surface area contributed by atoms with E-state index in [1.807, 2.05) is 0 Å². The summed E-state index contributed by atoms with van der Waals surface area (Å²) in [7, 11) is 0. The van der Waals surface area contributed by atoms with Crippen molar-refractivity contribution in [3.8, 4) is 0 Å². The molecule has 3 aliphatic carbocycles. The molecule has 0 aromatic carbocycles. The van der Waals surface area contributed by atoms with Crippen molar-refractivity contribution in [3.63, 3.8) is 0 Å². The average Bonchev–Trinajstić information content (AvgIpc) is 2.68. The minimum atomic E-state index is 0.473. The van der Waals surface area contributed by atoms with E-state index in [9.17, 15) is 0 Å². The molecule has 2 nitrogen and oxygen atoms in total. The third-order valence-electron chi connectivity index (χ3n) is 4.34. The number of thiocarbonyl (C=S) groups is 1. The summed E-state index contributed by atoms with van der Waals surface area (Å²) in [6.45, 7) is 0. The van der Waals surface area contributed by atoms with Crippen LogP contribution < -0.4 is 11.1 Å². The number of nitrogens with one attached hydrogen (secondary N) is 1. The molecule has 5 atom stereocenters. The summed E-state index contributed by atoms with van der Waals surface area (Å²) in [4.78, 5) is 0. The lowest BCUT2D eigenvalue weighted by Gasteiger charge is -2.31. The maximum absolute atomic E-state index is 5.54. The Labute approximate surface area is 89.9 Å². The van der Waals surface area contributed by atoms with Gasteiger partial charge >= 0.3 is 0 Å². The van der Waals surface area contributed by atoms with Gasteiger partial charge in [-0.05, 0) is 55.2 Å². The van der Waals surface area contributed by atoms with Crippen LogP contribution in [0.1, 0.15) is 19.3 Å². The zero-order valence-electron chi connectivity index (χ0n) is 8.15. The van der Waals surface area contributed by atoms with Crippen LogP contribution in [0.5, 0.6) is 0 Å². The number of hydrogen-bond acceptors (Lipinski definition) is 1. The minimum Gasteiger partial charge on any atom is -0.376 e. The molecule has 3 aliphatic rings. The monoisotopic (exact) mass is 208 g/mol. The van der Waals surface area contributed by atoms with E-state index in [-0.39, 0.29) is 0 Å². The molecule has 0 aliphatic heterocycles. The van der Waals surface area contributed by atoms with Crippen LogP contribution in [0.15, 0.2) is 12.2 Å². The molecule has 76 valence electrons. The van der Waals surface area contributed by atoms with Gasteiger partial charge in [0.05, 0.1) is 0 Å². The van der Waals surface area contributed by atoms with Crippen LogP contribution >= 0.6 is 12.2 Å². The normalized spacial score (nSPS) is 48.1. The summed E-state index contributed by atoms with van der Waals surface area (Å²) >= 11 is 4.92. The highest BCUT2D eigenvalue weighted by Crippen LogP contribution is 2.56. The van der Waals surface area contributed by atoms with Crippen LogP contribution in [0.2, 0.25) is 0 Å². The van der Waals surface area contributed by atoms with E-state index < -0.39 is 0 Å². The van der Waals surface area contributed by atoms with Gasteiger partial charge in [-0.1, -0.05) is 12.2 Å². The summed E-state index contributed by atoms with van der Waals surface area (Å²) in [5.74, 6) is 3.49. The molecule has 0 spiro atoms. The Bertz CT molecular complexity index is 300. The van der Waals surface area contributed by atoms with Gasteiger partial charge in [0.1, 0.15) is 0 Å². The fourth-order valence-electron chi connectivity index (χ4n) is 3.89. The summed E-state index contributed by atoms with van der Waals surface area (Å²) in [5, 5.41) is 3.73. The van der Waals surface area contributed by atoms with Crippen molar-refractivity contribution in [1.29, 1.82) is 0 Å². The van der Waals surface area contributed by atoms with E-state index in [4.69, 9.17) is 18.0 Å². The van der Waals surface area contributed by atoms with Gasteiger partial charge in [-0.2, -0.15) is 0 Å². The Balaban J connectivity index is 1.76. The van der Waals surface area contributed by atoms with Gasteiger partial charge in [0, 0.05) is 6.04 Å². The van der Waals surface area contributed by atoms with Crippen molar-refractivity contribution in [3.05, 3.63) is 12.2 Å². The quantitative estimate of drug-likeness (QED) is 0.505. The molecule has 0 unspecified atom stereocenters. The molecule has 2 bridgehead atoms. The van der Waals surface area contributed by atoms with E-state index in [0.717, 1.165) is 23.7 Å². The summed E-state index contributed by atoms with van der Waals surface area (Å²) in [5.41, 5.74) is 5.54. The lowest BCUT2D eigenvalue weighted by molar-refractivity contribution is 0.246. The highest BCUT2D eigenvalue weighted by molar-refractivity contribution is 7.80. The van der Waals surface area contributed by atoms with Gasteiger partial charge in [-0.25, -0.2) is 0 Å². The molecule has 14 heavy (non-hydrogen) atoms. The molecule has 0 heterocycles. The van der Waals surface area contributed by atoms with Crippen molar-refractivity contribution in [2.75, 3.05) is 0 Å². The Morgan fingerprint density at radius 2 is 2.21 bits per heavy atom. The second-order valence-corrected chi connectivity index (χ2v) is 5.36. The Kier molecular flexibility index (Phi) is 1.84. The van der Waals surface area contributed by atoms with Gasteiger partial charge in [0.15, 0.2) is 5.11 Å². The first kappa shape index (κ1) is 8.72. The summed E-state index contributed by atoms with van der Waals surface area (Å²) in [6.07, 6.45) is 8.76. The van der Waals surface area contributed by atoms with Crippen molar-refractivity contribution in [2.45, 2.75) is 25.3 Å². The maximum Gasteiger partial charge on any atom is 0.163 e. The Morgan fingerprint density at radius 3 is 3.00 bits per heavy atom. The molecule has 0 radical (unpaired) electrons.